The summed E-state index contributed by atoms with van der Waals surface area (Å²) in [7, 11) is 1.64. The van der Waals surface area contributed by atoms with E-state index in [1.54, 1.807) is 19.4 Å². The Balaban J connectivity index is 1.99. The van der Waals surface area contributed by atoms with Crippen molar-refractivity contribution in [2.75, 3.05) is 7.11 Å². The quantitative estimate of drug-likeness (QED) is 0.688. The van der Waals surface area contributed by atoms with E-state index in [-0.39, 0.29) is 5.91 Å². The Labute approximate surface area is 115 Å². The zero-order valence-corrected chi connectivity index (χ0v) is 11.5. The van der Waals surface area contributed by atoms with E-state index in [0.29, 0.717) is 4.88 Å². The van der Waals surface area contributed by atoms with Crippen LogP contribution in [0.4, 0.5) is 0 Å². The van der Waals surface area contributed by atoms with Gasteiger partial charge in [-0.1, -0.05) is 6.07 Å². The van der Waals surface area contributed by atoms with E-state index in [4.69, 9.17) is 4.74 Å². The highest BCUT2D eigenvalue weighted by Crippen LogP contribution is 2.17. The number of nitrogens with one attached hydrogen (secondary N) is 1. The molecule has 0 saturated heterocycles. The fourth-order valence-electron chi connectivity index (χ4n) is 1.61. The summed E-state index contributed by atoms with van der Waals surface area (Å²) in [5.74, 6) is 0.635. The predicted octanol–water partition coefficient (Wildman–Crippen LogP) is 2.83. The minimum absolute atomic E-state index is 0.198. The zero-order valence-electron chi connectivity index (χ0n) is 10.7. The molecule has 1 N–H and O–H groups in total. The molecular weight excluding hydrogens is 260 g/mol. The van der Waals surface area contributed by atoms with Crippen LogP contribution in [-0.4, -0.2) is 19.2 Å². The van der Waals surface area contributed by atoms with Crippen LogP contribution in [-0.2, 0) is 0 Å². The molecule has 0 aliphatic carbocycles. The Bertz CT molecular complexity index is 591. The number of methoxy groups -OCH3 is 1. The third-order valence-corrected chi connectivity index (χ3v) is 3.41. The molecule has 2 rings (SSSR count). The Morgan fingerprint density at radius 1 is 1.42 bits per heavy atom. The topological polar surface area (TPSA) is 50.7 Å². The van der Waals surface area contributed by atoms with Gasteiger partial charge in [0.05, 0.1) is 18.2 Å². The number of hydrogen-bond acceptors (Lipinski definition) is 4. The SMILES string of the molecule is COc1ccc(/C=N/NC(=O)c2cccs2)cc1C. The van der Waals surface area contributed by atoms with Crippen LogP contribution < -0.4 is 10.2 Å². The Morgan fingerprint density at radius 3 is 2.89 bits per heavy atom. The molecule has 0 atom stereocenters. The highest BCUT2D eigenvalue weighted by molar-refractivity contribution is 7.12. The van der Waals surface area contributed by atoms with Gasteiger partial charge in [-0.3, -0.25) is 4.79 Å². The van der Waals surface area contributed by atoms with Crippen LogP contribution in [0.1, 0.15) is 20.8 Å². The maximum atomic E-state index is 11.6. The molecule has 98 valence electrons. The highest BCUT2D eigenvalue weighted by atomic mass is 32.1. The second-order valence-electron chi connectivity index (χ2n) is 3.91. The van der Waals surface area contributed by atoms with Gasteiger partial charge >= 0.3 is 0 Å². The summed E-state index contributed by atoms with van der Waals surface area (Å²) in [4.78, 5) is 12.3. The third kappa shape index (κ3) is 3.42. The van der Waals surface area contributed by atoms with Crippen LogP contribution in [0.25, 0.3) is 0 Å². The number of hydrogen-bond donors (Lipinski definition) is 1. The lowest BCUT2D eigenvalue weighted by atomic mass is 10.1. The van der Waals surface area contributed by atoms with Crippen molar-refractivity contribution in [3.63, 3.8) is 0 Å². The third-order valence-electron chi connectivity index (χ3n) is 2.54. The van der Waals surface area contributed by atoms with E-state index in [1.165, 1.54) is 11.3 Å². The van der Waals surface area contributed by atoms with Gasteiger partial charge in [-0.2, -0.15) is 5.10 Å². The average Bonchev–Trinajstić information content (AvgIpc) is 2.93. The van der Waals surface area contributed by atoms with Gasteiger partial charge in [0.1, 0.15) is 5.75 Å². The van der Waals surface area contributed by atoms with Crippen LogP contribution in [0.15, 0.2) is 40.8 Å². The van der Waals surface area contributed by atoms with Crippen molar-refractivity contribution in [2.24, 2.45) is 5.10 Å². The molecule has 1 aromatic carbocycles. The normalized spacial score (nSPS) is 10.6. The smallest absolute Gasteiger partial charge is 0.281 e. The average molecular weight is 274 g/mol. The standard InChI is InChI=1S/C14H14N2O2S/c1-10-8-11(5-6-12(10)18-2)9-15-16-14(17)13-4-3-7-19-13/h3-9H,1-2H3,(H,16,17)/b15-9+. The molecule has 0 saturated carbocycles. The second kappa shape index (κ2) is 6.15. The molecule has 0 radical (unpaired) electrons. The first kappa shape index (κ1) is 13.3. The van der Waals surface area contributed by atoms with E-state index < -0.39 is 0 Å². The number of ether oxygens (including phenoxy) is 1. The lowest BCUT2D eigenvalue weighted by Gasteiger charge is -2.04. The molecule has 0 unspecified atom stereocenters. The molecule has 2 aromatic rings. The summed E-state index contributed by atoms with van der Waals surface area (Å²) in [5.41, 5.74) is 4.42. The first-order chi connectivity index (χ1) is 9.20. The number of nitrogens with zero attached hydrogens (tertiary/aromatic N) is 1. The number of hydrazone groups is 1. The number of benzene rings is 1. The van der Waals surface area contributed by atoms with Gasteiger partial charge in [-0.15, -0.1) is 11.3 Å². The van der Waals surface area contributed by atoms with Crippen molar-refractivity contribution in [3.8, 4) is 5.75 Å². The molecule has 1 amide bonds. The number of carbonyl (C=O) groups excluding carboxylic acids is 1. The number of carbonyl (C=O) groups is 1. The number of aryl methyl sites for hydroxylation is 1. The summed E-state index contributed by atoms with van der Waals surface area (Å²) in [5, 5.41) is 5.79. The highest BCUT2D eigenvalue weighted by Gasteiger charge is 2.03. The van der Waals surface area contributed by atoms with Gasteiger partial charge in [0.2, 0.25) is 0 Å². The lowest BCUT2D eigenvalue weighted by Crippen LogP contribution is -2.16. The first-order valence-electron chi connectivity index (χ1n) is 5.72. The Hall–Kier alpha value is -2.14. The van der Waals surface area contributed by atoms with Crippen molar-refractivity contribution in [3.05, 3.63) is 51.7 Å². The Morgan fingerprint density at radius 2 is 2.26 bits per heavy atom. The maximum absolute atomic E-state index is 11.6. The molecule has 0 aliphatic heterocycles. The largest absolute Gasteiger partial charge is 0.496 e. The molecule has 1 heterocycles. The first-order valence-corrected chi connectivity index (χ1v) is 6.60. The molecule has 4 nitrogen and oxygen atoms in total. The van der Waals surface area contributed by atoms with E-state index >= 15 is 0 Å². The van der Waals surface area contributed by atoms with E-state index in [1.807, 2.05) is 36.6 Å². The molecule has 0 fully saturated rings. The van der Waals surface area contributed by atoms with Crippen LogP contribution in [0.3, 0.4) is 0 Å². The number of thiophene rings is 1. The number of amides is 1. The van der Waals surface area contributed by atoms with Crippen molar-refractivity contribution >= 4 is 23.5 Å². The predicted molar refractivity (Wildman–Crippen MR) is 77.1 cm³/mol. The minimum atomic E-state index is -0.198. The van der Waals surface area contributed by atoms with Gasteiger partial charge in [0.15, 0.2) is 0 Å². The van der Waals surface area contributed by atoms with Gasteiger partial charge < -0.3 is 4.74 Å². The van der Waals surface area contributed by atoms with Gasteiger partial charge in [-0.25, -0.2) is 5.43 Å². The summed E-state index contributed by atoms with van der Waals surface area (Å²) in [6.45, 7) is 1.96. The maximum Gasteiger partial charge on any atom is 0.281 e. The molecule has 0 bridgehead atoms. The lowest BCUT2D eigenvalue weighted by molar-refractivity contribution is 0.0959. The van der Waals surface area contributed by atoms with Crippen molar-refractivity contribution in [1.29, 1.82) is 0 Å². The van der Waals surface area contributed by atoms with Gasteiger partial charge in [0, 0.05) is 0 Å². The van der Waals surface area contributed by atoms with Gasteiger partial charge in [0.25, 0.3) is 5.91 Å². The van der Waals surface area contributed by atoms with Crippen LogP contribution in [0.2, 0.25) is 0 Å². The molecule has 1 aromatic heterocycles. The second-order valence-corrected chi connectivity index (χ2v) is 4.85. The summed E-state index contributed by atoms with van der Waals surface area (Å²) >= 11 is 1.38. The fraction of sp³-hybridized carbons (Fsp3) is 0.143. The van der Waals surface area contributed by atoms with E-state index in [0.717, 1.165) is 16.9 Å². The zero-order chi connectivity index (χ0) is 13.7. The number of rotatable bonds is 4. The monoisotopic (exact) mass is 274 g/mol. The molecule has 0 spiro atoms. The fourth-order valence-corrected chi connectivity index (χ4v) is 2.22. The van der Waals surface area contributed by atoms with E-state index in [9.17, 15) is 4.79 Å². The molecule has 0 aliphatic rings. The van der Waals surface area contributed by atoms with Crippen LogP contribution in [0, 0.1) is 6.92 Å². The summed E-state index contributed by atoms with van der Waals surface area (Å²) in [6.07, 6.45) is 1.61. The van der Waals surface area contributed by atoms with Crippen molar-refractivity contribution < 1.29 is 9.53 Å². The van der Waals surface area contributed by atoms with Crippen LogP contribution in [0.5, 0.6) is 5.75 Å². The van der Waals surface area contributed by atoms with Gasteiger partial charge in [-0.05, 0) is 47.7 Å². The van der Waals surface area contributed by atoms with Crippen molar-refractivity contribution in [1.82, 2.24) is 5.43 Å². The van der Waals surface area contributed by atoms with Crippen LogP contribution >= 0.6 is 11.3 Å². The van der Waals surface area contributed by atoms with Crippen molar-refractivity contribution in [2.45, 2.75) is 6.92 Å². The van der Waals surface area contributed by atoms with E-state index in [2.05, 4.69) is 10.5 Å². The minimum Gasteiger partial charge on any atom is -0.496 e. The Kier molecular flexibility index (Phi) is 4.30. The summed E-state index contributed by atoms with van der Waals surface area (Å²) < 4.78 is 5.18. The summed E-state index contributed by atoms with van der Waals surface area (Å²) in [6, 6.07) is 9.28. The molecule has 5 heteroatoms. The molecule has 19 heavy (non-hydrogen) atoms. The molecular formula is C14H14N2O2S.